The maximum absolute atomic E-state index is 12.6. The molecule has 2 heterocycles. The number of anilines is 1. The summed E-state index contributed by atoms with van der Waals surface area (Å²) in [7, 11) is -3.28. The minimum atomic E-state index is -3.28. The van der Waals surface area contributed by atoms with Crippen molar-refractivity contribution in [1.29, 1.82) is 0 Å². The zero-order chi connectivity index (χ0) is 19.9. The second-order valence-electron chi connectivity index (χ2n) is 8.70. The molecule has 0 radical (unpaired) electrons. The summed E-state index contributed by atoms with van der Waals surface area (Å²) in [6.07, 6.45) is 6.32. The van der Waals surface area contributed by atoms with E-state index in [4.69, 9.17) is 0 Å². The van der Waals surface area contributed by atoms with Crippen LogP contribution in [0.5, 0.6) is 0 Å². The Bertz CT molecular complexity index is 837. The average molecular weight is 406 g/mol. The van der Waals surface area contributed by atoms with Crippen molar-refractivity contribution in [3.63, 3.8) is 0 Å². The number of hydrogen-bond donors (Lipinski definition) is 0. The van der Waals surface area contributed by atoms with Crippen LogP contribution >= 0.6 is 0 Å². The molecule has 1 aromatic rings. The van der Waals surface area contributed by atoms with Gasteiger partial charge in [0.1, 0.15) is 0 Å². The van der Waals surface area contributed by atoms with Crippen LogP contribution in [-0.4, -0.2) is 61.5 Å². The van der Waals surface area contributed by atoms with Crippen LogP contribution < -0.4 is 4.90 Å². The molecule has 1 amide bonds. The van der Waals surface area contributed by atoms with Crippen LogP contribution in [0, 0.1) is 5.92 Å². The van der Waals surface area contributed by atoms with Gasteiger partial charge in [0, 0.05) is 50.9 Å². The molecule has 1 aliphatic carbocycles. The molecule has 2 fully saturated rings. The zero-order valence-corrected chi connectivity index (χ0v) is 17.7. The van der Waals surface area contributed by atoms with E-state index < -0.39 is 10.0 Å². The summed E-state index contributed by atoms with van der Waals surface area (Å²) in [6, 6.07) is 8.16. The topological polar surface area (TPSA) is 60.9 Å². The highest BCUT2D eigenvalue weighted by Crippen LogP contribution is 2.35. The molecule has 3 aliphatic rings. The van der Waals surface area contributed by atoms with Crippen LogP contribution in [0.4, 0.5) is 5.69 Å². The molecule has 1 saturated carbocycles. The van der Waals surface area contributed by atoms with Gasteiger partial charge in [0.15, 0.2) is 0 Å². The summed E-state index contributed by atoms with van der Waals surface area (Å²) >= 11 is 0. The van der Waals surface area contributed by atoms with Crippen molar-refractivity contribution >= 4 is 21.6 Å². The van der Waals surface area contributed by atoms with Crippen molar-refractivity contribution in [2.24, 2.45) is 5.92 Å². The molecule has 7 heteroatoms. The van der Waals surface area contributed by atoms with Crippen molar-refractivity contribution in [1.82, 2.24) is 9.21 Å². The van der Waals surface area contributed by atoms with Gasteiger partial charge >= 0.3 is 0 Å². The number of fused-ring (bicyclic) bond motifs is 3. The van der Waals surface area contributed by atoms with E-state index in [1.807, 2.05) is 23.1 Å². The number of carbonyl (C=O) groups is 1. The lowest BCUT2D eigenvalue weighted by Crippen LogP contribution is -2.46. The Morgan fingerprint density at radius 2 is 1.79 bits per heavy atom. The molecule has 6 nitrogen and oxygen atoms in total. The second kappa shape index (κ2) is 7.76. The van der Waals surface area contributed by atoms with Crippen molar-refractivity contribution < 1.29 is 13.2 Å². The van der Waals surface area contributed by atoms with Crippen LogP contribution in [0.25, 0.3) is 0 Å². The summed E-state index contributed by atoms with van der Waals surface area (Å²) in [5, 5.41) is 0. The van der Waals surface area contributed by atoms with Gasteiger partial charge in [-0.05, 0) is 49.7 Å². The predicted molar refractivity (Wildman–Crippen MR) is 111 cm³/mol. The summed E-state index contributed by atoms with van der Waals surface area (Å²) in [6.45, 7) is 4.69. The fourth-order valence-electron chi connectivity index (χ4n) is 4.96. The first-order valence-corrected chi connectivity index (χ1v) is 12.2. The van der Waals surface area contributed by atoms with Gasteiger partial charge in [-0.2, -0.15) is 4.31 Å². The molecular formula is C21H31N3O3S. The van der Waals surface area contributed by atoms with Crippen molar-refractivity contribution in [3.05, 3.63) is 29.8 Å². The van der Waals surface area contributed by atoms with Crippen molar-refractivity contribution in [3.8, 4) is 0 Å². The predicted octanol–water partition coefficient (Wildman–Crippen LogP) is 2.45. The van der Waals surface area contributed by atoms with Gasteiger partial charge in [-0.15, -0.1) is 0 Å². The third kappa shape index (κ3) is 4.26. The van der Waals surface area contributed by atoms with E-state index in [-0.39, 0.29) is 18.0 Å². The first-order valence-electron chi connectivity index (χ1n) is 10.4. The van der Waals surface area contributed by atoms with E-state index in [1.165, 1.54) is 19.1 Å². The summed E-state index contributed by atoms with van der Waals surface area (Å²) in [5.74, 6) is 0.742. The number of amides is 1. The van der Waals surface area contributed by atoms with Gasteiger partial charge in [0.05, 0.1) is 6.26 Å². The molecule has 2 aliphatic heterocycles. The van der Waals surface area contributed by atoms with Crippen LogP contribution in [0.15, 0.2) is 24.3 Å². The Morgan fingerprint density at radius 3 is 2.46 bits per heavy atom. The van der Waals surface area contributed by atoms with E-state index in [0.29, 0.717) is 13.0 Å². The summed E-state index contributed by atoms with van der Waals surface area (Å²) < 4.78 is 26.9. The minimum Gasteiger partial charge on any atom is -0.312 e. The standard InChI is InChI=1S/C21H31N3O3S/c1-16(25)23-12-11-19-9-10-20(24(19)28(2,26)27)15-22(13-17-7-8-17)14-18-5-3-4-6-21(18)23/h3-6,17,19-20H,7-15H2,1-2H3/t19-,20+/m1/s1. The number of benzene rings is 1. The zero-order valence-electron chi connectivity index (χ0n) is 16.9. The van der Waals surface area contributed by atoms with Crippen LogP contribution in [-0.2, 0) is 21.4 Å². The van der Waals surface area contributed by atoms with Crippen LogP contribution in [0.3, 0.4) is 0 Å². The third-order valence-corrected chi connectivity index (χ3v) is 7.72. The van der Waals surface area contributed by atoms with E-state index >= 15 is 0 Å². The van der Waals surface area contributed by atoms with Gasteiger partial charge in [-0.1, -0.05) is 18.2 Å². The highest BCUT2D eigenvalue weighted by atomic mass is 32.2. The Balaban J connectivity index is 1.72. The first kappa shape index (κ1) is 19.9. The number of nitrogens with zero attached hydrogens (tertiary/aromatic N) is 3. The maximum Gasteiger partial charge on any atom is 0.223 e. The van der Waals surface area contributed by atoms with Gasteiger partial charge < -0.3 is 4.90 Å². The molecular weight excluding hydrogens is 374 g/mol. The van der Waals surface area contributed by atoms with Crippen molar-refractivity contribution in [2.45, 2.75) is 57.7 Å². The largest absolute Gasteiger partial charge is 0.312 e. The SMILES string of the molecule is CC(=O)N1CC[C@H]2CC[C@@H](CN(CC3CC3)Cc3ccccc31)N2S(C)(=O)=O. The van der Waals surface area contributed by atoms with E-state index in [2.05, 4.69) is 11.0 Å². The molecule has 0 aromatic heterocycles. The summed E-state index contributed by atoms with van der Waals surface area (Å²) in [5.41, 5.74) is 2.13. The Hall–Kier alpha value is -1.44. The molecule has 2 bridgehead atoms. The highest BCUT2D eigenvalue weighted by molar-refractivity contribution is 7.88. The highest BCUT2D eigenvalue weighted by Gasteiger charge is 2.41. The maximum atomic E-state index is 12.6. The lowest BCUT2D eigenvalue weighted by atomic mass is 10.1. The number of carbonyl (C=O) groups excluding carboxylic acids is 1. The van der Waals surface area contributed by atoms with Gasteiger partial charge in [-0.25, -0.2) is 8.42 Å². The molecule has 0 unspecified atom stereocenters. The molecule has 1 aromatic carbocycles. The fourth-order valence-corrected chi connectivity index (χ4v) is 6.43. The Labute approximate surface area is 168 Å². The lowest BCUT2D eigenvalue weighted by molar-refractivity contribution is -0.116. The molecule has 0 spiro atoms. The van der Waals surface area contributed by atoms with Crippen LogP contribution in [0.1, 0.15) is 44.6 Å². The van der Waals surface area contributed by atoms with Gasteiger partial charge in [0.25, 0.3) is 0 Å². The smallest absolute Gasteiger partial charge is 0.223 e. The fraction of sp³-hybridized carbons (Fsp3) is 0.667. The lowest BCUT2D eigenvalue weighted by Gasteiger charge is -2.32. The molecule has 1 saturated heterocycles. The average Bonchev–Trinajstić information content (AvgIpc) is 3.33. The number of sulfonamides is 1. The monoisotopic (exact) mass is 405 g/mol. The number of para-hydroxylation sites is 1. The number of hydrogen-bond acceptors (Lipinski definition) is 4. The van der Waals surface area contributed by atoms with Gasteiger partial charge in [-0.3, -0.25) is 9.69 Å². The van der Waals surface area contributed by atoms with Crippen LogP contribution in [0.2, 0.25) is 0 Å². The van der Waals surface area contributed by atoms with E-state index in [1.54, 1.807) is 11.2 Å². The van der Waals surface area contributed by atoms with E-state index in [0.717, 1.165) is 49.6 Å². The Morgan fingerprint density at radius 1 is 1.07 bits per heavy atom. The summed E-state index contributed by atoms with van der Waals surface area (Å²) in [4.78, 5) is 16.7. The van der Waals surface area contributed by atoms with E-state index in [9.17, 15) is 13.2 Å². The quantitative estimate of drug-likeness (QED) is 0.775. The minimum absolute atomic E-state index is 0.0147. The molecule has 4 rings (SSSR count). The normalized spacial score (nSPS) is 27.3. The van der Waals surface area contributed by atoms with Gasteiger partial charge in [0.2, 0.25) is 15.9 Å². The Kier molecular flexibility index (Phi) is 5.51. The van der Waals surface area contributed by atoms with Crippen molar-refractivity contribution in [2.75, 3.05) is 30.8 Å². The first-order chi connectivity index (χ1) is 13.3. The molecule has 28 heavy (non-hydrogen) atoms. The third-order valence-electron chi connectivity index (χ3n) is 6.36. The second-order valence-corrected chi connectivity index (χ2v) is 10.6. The number of rotatable bonds is 3. The molecule has 154 valence electrons. The molecule has 0 N–H and O–H groups in total. The molecule has 2 atom stereocenters.